The maximum Gasteiger partial charge on any atom is 0.250 e. The van der Waals surface area contributed by atoms with Crippen LogP contribution in [0.1, 0.15) is 5.56 Å². The molecule has 0 saturated carbocycles. The second-order valence-corrected chi connectivity index (χ2v) is 3.13. The largest absolute Gasteiger partial charge is 0.375 e. The second-order valence-electron chi connectivity index (χ2n) is 2.77. The molecule has 0 aromatic carbocycles. The van der Waals surface area contributed by atoms with Crippen molar-refractivity contribution >= 4 is 23.2 Å². The van der Waals surface area contributed by atoms with Gasteiger partial charge in [0.15, 0.2) is 5.15 Å². The van der Waals surface area contributed by atoms with Gasteiger partial charge in [-0.05, 0) is 18.6 Å². The van der Waals surface area contributed by atoms with E-state index in [1.54, 1.807) is 12.3 Å². The molecule has 0 fully saturated rings. The molecule has 5 heteroatoms. The van der Waals surface area contributed by atoms with Gasteiger partial charge in [-0.2, -0.15) is 0 Å². The lowest BCUT2D eigenvalue weighted by atomic mass is 10.2. The highest BCUT2D eigenvalue weighted by Gasteiger charge is 2.08. The van der Waals surface area contributed by atoms with Gasteiger partial charge in [0.05, 0.1) is 5.69 Å². The summed E-state index contributed by atoms with van der Waals surface area (Å²) in [6, 6.07) is 1.77. The van der Waals surface area contributed by atoms with Gasteiger partial charge < -0.3 is 10.1 Å². The van der Waals surface area contributed by atoms with Gasteiger partial charge in [-0.25, -0.2) is 4.98 Å². The molecular formula is C9H11ClN2O2. The van der Waals surface area contributed by atoms with E-state index in [1.165, 1.54) is 7.11 Å². The number of nitrogens with one attached hydrogen (secondary N) is 1. The Morgan fingerprint density at radius 1 is 1.71 bits per heavy atom. The molecule has 1 rings (SSSR count). The zero-order chi connectivity index (χ0) is 10.6. The molecule has 4 nitrogen and oxygen atoms in total. The number of halogens is 1. The van der Waals surface area contributed by atoms with E-state index in [9.17, 15) is 4.79 Å². The minimum Gasteiger partial charge on any atom is -0.375 e. The minimum absolute atomic E-state index is 0.00463. The van der Waals surface area contributed by atoms with Crippen LogP contribution in [-0.2, 0) is 9.53 Å². The molecule has 0 atom stereocenters. The van der Waals surface area contributed by atoms with E-state index >= 15 is 0 Å². The molecule has 1 N–H and O–H groups in total. The second kappa shape index (κ2) is 4.93. The Labute approximate surface area is 87.2 Å². The number of carbonyl (C=O) groups is 1. The van der Waals surface area contributed by atoms with Gasteiger partial charge in [-0.3, -0.25) is 4.79 Å². The molecule has 0 aliphatic heterocycles. The number of methoxy groups -OCH3 is 1. The fourth-order valence-corrected chi connectivity index (χ4v) is 1.23. The molecule has 0 aliphatic rings. The predicted molar refractivity (Wildman–Crippen MR) is 54.5 cm³/mol. The summed E-state index contributed by atoms with van der Waals surface area (Å²) in [5, 5.41) is 2.91. The lowest BCUT2D eigenvalue weighted by molar-refractivity contribution is -0.119. The summed E-state index contributed by atoms with van der Waals surface area (Å²) in [5.41, 5.74) is 1.41. The van der Waals surface area contributed by atoms with Crippen LogP contribution in [0.4, 0.5) is 5.69 Å². The molecule has 0 radical (unpaired) electrons. The molecule has 14 heavy (non-hydrogen) atoms. The number of rotatable bonds is 3. The molecule has 76 valence electrons. The quantitative estimate of drug-likeness (QED) is 0.779. The molecular weight excluding hydrogens is 204 g/mol. The number of amides is 1. The number of aromatic nitrogens is 1. The van der Waals surface area contributed by atoms with E-state index in [-0.39, 0.29) is 17.7 Å². The summed E-state index contributed by atoms with van der Waals surface area (Å²) < 4.78 is 4.68. The maximum atomic E-state index is 11.2. The van der Waals surface area contributed by atoms with Gasteiger partial charge in [0.2, 0.25) is 5.91 Å². The predicted octanol–water partition coefficient (Wildman–Crippen LogP) is 1.63. The van der Waals surface area contributed by atoms with E-state index in [1.807, 2.05) is 6.92 Å². The Morgan fingerprint density at radius 2 is 2.43 bits per heavy atom. The van der Waals surface area contributed by atoms with Crippen LogP contribution in [-0.4, -0.2) is 24.6 Å². The topological polar surface area (TPSA) is 51.2 Å². The summed E-state index contributed by atoms with van der Waals surface area (Å²) in [5.74, 6) is -0.245. The number of carbonyl (C=O) groups excluding carboxylic acids is 1. The third-order valence-electron chi connectivity index (χ3n) is 1.65. The van der Waals surface area contributed by atoms with Crippen LogP contribution in [0.25, 0.3) is 0 Å². The van der Waals surface area contributed by atoms with Crippen LogP contribution < -0.4 is 5.32 Å². The number of hydrogen-bond acceptors (Lipinski definition) is 3. The van der Waals surface area contributed by atoms with Crippen LogP contribution in [0.15, 0.2) is 12.3 Å². The number of nitrogens with zero attached hydrogens (tertiary/aromatic N) is 1. The van der Waals surface area contributed by atoms with Gasteiger partial charge in [0, 0.05) is 13.3 Å². The number of pyridine rings is 1. The van der Waals surface area contributed by atoms with Crippen molar-refractivity contribution in [2.75, 3.05) is 19.0 Å². The highest BCUT2D eigenvalue weighted by Crippen LogP contribution is 2.22. The molecule has 0 aliphatic carbocycles. The fraction of sp³-hybridized carbons (Fsp3) is 0.333. The molecule has 1 heterocycles. The van der Waals surface area contributed by atoms with Crippen molar-refractivity contribution in [3.05, 3.63) is 23.0 Å². The molecule has 0 unspecified atom stereocenters. The van der Waals surface area contributed by atoms with Gasteiger partial charge in [-0.15, -0.1) is 0 Å². The normalized spacial score (nSPS) is 9.93. The third-order valence-corrected chi connectivity index (χ3v) is 1.94. The van der Waals surface area contributed by atoms with E-state index < -0.39 is 0 Å². The summed E-state index contributed by atoms with van der Waals surface area (Å²) in [6.45, 7) is 1.85. The summed E-state index contributed by atoms with van der Waals surface area (Å²) in [7, 11) is 1.46. The Balaban J connectivity index is 2.80. The Bertz CT molecular complexity index is 321. The van der Waals surface area contributed by atoms with E-state index in [4.69, 9.17) is 11.6 Å². The van der Waals surface area contributed by atoms with Gasteiger partial charge in [0.1, 0.15) is 6.61 Å². The zero-order valence-corrected chi connectivity index (χ0v) is 8.76. The molecule has 0 saturated heterocycles. The van der Waals surface area contributed by atoms with Crippen LogP contribution in [0.5, 0.6) is 0 Å². The SMILES string of the molecule is COCC(=O)Nc1c(C)ccnc1Cl. The average Bonchev–Trinajstić information content (AvgIpc) is 2.12. The van der Waals surface area contributed by atoms with Crippen LogP contribution in [0, 0.1) is 6.92 Å². The molecule has 1 aromatic rings. The van der Waals surface area contributed by atoms with Crippen molar-refractivity contribution in [1.82, 2.24) is 4.98 Å². The summed E-state index contributed by atoms with van der Waals surface area (Å²) >= 11 is 5.81. The van der Waals surface area contributed by atoms with Crippen LogP contribution in [0.2, 0.25) is 5.15 Å². The number of hydrogen-bond donors (Lipinski definition) is 1. The van der Waals surface area contributed by atoms with Gasteiger partial charge >= 0.3 is 0 Å². The first-order chi connectivity index (χ1) is 6.65. The maximum absolute atomic E-state index is 11.2. The smallest absolute Gasteiger partial charge is 0.250 e. The van der Waals surface area contributed by atoms with E-state index in [0.717, 1.165) is 5.56 Å². The van der Waals surface area contributed by atoms with Crippen molar-refractivity contribution < 1.29 is 9.53 Å². The monoisotopic (exact) mass is 214 g/mol. The Hall–Kier alpha value is -1.13. The van der Waals surface area contributed by atoms with Crippen molar-refractivity contribution in [2.45, 2.75) is 6.92 Å². The number of aryl methyl sites for hydroxylation is 1. The lowest BCUT2D eigenvalue weighted by Gasteiger charge is -2.08. The highest BCUT2D eigenvalue weighted by molar-refractivity contribution is 6.32. The van der Waals surface area contributed by atoms with Crippen LogP contribution >= 0.6 is 11.6 Å². The Kier molecular flexibility index (Phi) is 3.85. The van der Waals surface area contributed by atoms with E-state index in [0.29, 0.717) is 5.69 Å². The third kappa shape index (κ3) is 2.68. The summed E-state index contributed by atoms with van der Waals surface area (Å²) in [6.07, 6.45) is 1.59. The van der Waals surface area contributed by atoms with Crippen molar-refractivity contribution in [3.63, 3.8) is 0 Å². The number of ether oxygens (including phenoxy) is 1. The lowest BCUT2D eigenvalue weighted by Crippen LogP contribution is -2.18. The first kappa shape index (κ1) is 10.9. The minimum atomic E-state index is -0.245. The van der Waals surface area contributed by atoms with Crippen molar-refractivity contribution in [1.29, 1.82) is 0 Å². The number of anilines is 1. The van der Waals surface area contributed by atoms with Crippen molar-refractivity contribution in [3.8, 4) is 0 Å². The van der Waals surface area contributed by atoms with Gasteiger partial charge in [-0.1, -0.05) is 11.6 Å². The van der Waals surface area contributed by atoms with Gasteiger partial charge in [0.25, 0.3) is 0 Å². The molecule has 1 aromatic heterocycles. The van der Waals surface area contributed by atoms with Crippen LogP contribution in [0.3, 0.4) is 0 Å². The standard InChI is InChI=1S/C9H11ClN2O2/c1-6-3-4-11-9(10)8(6)12-7(13)5-14-2/h3-4H,5H2,1-2H3,(H,12,13). The first-order valence-electron chi connectivity index (χ1n) is 4.05. The average molecular weight is 215 g/mol. The zero-order valence-electron chi connectivity index (χ0n) is 8.00. The van der Waals surface area contributed by atoms with E-state index in [2.05, 4.69) is 15.0 Å². The van der Waals surface area contributed by atoms with Crippen molar-refractivity contribution in [2.24, 2.45) is 0 Å². The Morgan fingerprint density at radius 3 is 3.00 bits per heavy atom. The molecule has 1 amide bonds. The molecule has 0 spiro atoms. The fourth-order valence-electron chi connectivity index (χ4n) is 0.982. The summed E-state index contributed by atoms with van der Waals surface area (Å²) in [4.78, 5) is 15.1. The highest BCUT2D eigenvalue weighted by atomic mass is 35.5. The first-order valence-corrected chi connectivity index (χ1v) is 4.43. The molecule has 0 bridgehead atoms.